The standard InChI is InChI=1S/C19H26O2/c1-18-9-7-13(20)11-12(18)3-4-14-15-5-6-17(21)19(15,2)10-8-16(14)18/h5-6,12,14-16H,3-4,7-11H2,1-2H3/t12?,14-,15-,16-,18-,19-/m0/s1/i7+1,11+1,13+1. The quantitative estimate of drug-likeness (QED) is 0.633. The van der Waals surface area contributed by atoms with Crippen molar-refractivity contribution in [2.24, 2.45) is 34.5 Å². The predicted octanol–water partition coefficient (Wildman–Crippen LogP) is 3.94. The maximum absolute atomic E-state index is 12.3. The summed E-state index contributed by atoms with van der Waals surface area (Å²) in [4.78, 5) is 24.1. The van der Waals surface area contributed by atoms with Crippen LogP contribution >= 0.6 is 0 Å². The van der Waals surface area contributed by atoms with Gasteiger partial charge in [0.15, 0.2) is 5.78 Å². The van der Waals surface area contributed by atoms with E-state index < -0.39 is 0 Å². The molecule has 0 heterocycles. The molecule has 0 aromatic heterocycles. The van der Waals surface area contributed by atoms with Crippen LogP contribution in [0.2, 0.25) is 0 Å². The van der Waals surface area contributed by atoms with Crippen molar-refractivity contribution in [2.75, 3.05) is 0 Å². The number of allylic oxidation sites excluding steroid dienone is 2. The summed E-state index contributed by atoms with van der Waals surface area (Å²) in [6, 6.07) is 0. The highest BCUT2D eigenvalue weighted by Gasteiger charge is 2.58. The molecule has 0 bridgehead atoms. The van der Waals surface area contributed by atoms with Gasteiger partial charge in [-0.2, -0.15) is 0 Å². The lowest BCUT2D eigenvalue weighted by Crippen LogP contribution is -2.53. The first kappa shape index (κ1) is 13.7. The van der Waals surface area contributed by atoms with Crippen LogP contribution in [0.4, 0.5) is 0 Å². The second kappa shape index (κ2) is 4.30. The molecule has 1 unspecified atom stereocenters. The molecule has 0 aromatic carbocycles. The largest absolute Gasteiger partial charge is 0.300 e. The summed E-state index contributed by atoms with van der Waals surface area (Å²) in [6.45, 7) is 4.64. The Labute approximate surface area is 127 Å². The first-order chi connectivity index (χ1) is 9.95. The number of fused-ring (bicyclic) bond motifs is 5. The van der Waals surface area contributed by atoms with Crippen molar-refractivity contribution in [1.82, 2.24) is 0 Å². The summed E-state index contributed by atoms with van der Waals surface area (Å²) >= 11 is 0. The summed E-state index contributed by atoms with van der Waals surface area (Å²) in [5.41, 5.74) is 0.229. The van der Waals surface area contributed by atoms with Gasteiger partial charge in [-0.25, -0.2) is 0 Å². The van der Waals surface area contributed by atoms with Crippen molar-refractivity contribution in [1.29, 1.82) is 0 Å². The average molecular weight is 289 g/mol. The molecule has 2 heteroatoms. The Balaban J connectivity index is 1.67. The molecule has 4 rings (SSSR count). The van der Waals surface area contributed by atoms with Gasteiger partial charge < -0.3 is 0 Å². The summed E-state index contributed by atoms with van der Waals surface area (Å²) in [5, 5.41) is 0. The van der Waals surface area contributed by atoms with Gasteiger partial charge in [0.25, 0.3) is 0 Å². The lowest BCUT2D eigenvalue weighted by atomic mass is 9.48. The fraction of sp³-hybridized carbons (Fsp3) is 0.789. The number of hydrogen-bond donors (Lipinski definition) is 0. The molecular weight excluding hydrogens is 263 g/mol. The van der Waals surface area contributed by atoms with Crippen LogP contribution in [-0.2, 0) is 9.59 Å². The average Bonchev–Trinajstić information content (AvgIpc) is 2.76. The molecule has 2 nitrogen and oxygen atoms in total. The molecule has 3 saturated carbocycles. The second-order valence-corrected chi connectivity index (χ2v) is 8.50. The first-order valence-corrected chi connectivity index (χ1v) is 8.69. The molecule has 0 aromatic rings. The van der Waals surface area contributed by atoms with Crippen LogP contribution in [0.15, 0.2) is 12.2 Å². The van der Waals surface area contributed by atoms with Gasteiger partial charge in [0.05, 0.1) is 0 Å². The van der Waals surface area contributed by atoms with E-state index in [1.54, 1.807) is 0 Å². The molecule has 0 spiro atoms. The van der Waals surface area contributed by atoms with Crippen LogP contribution in [-0.4, -0.2) is 11.6 Å². The van der Waals surface area contributed by atoms with Crippen molar-refractivity contribution < 1.29 is 9.59 Å². The van der Waals surface area contributed by atoms with E-state index in [1.165, 1.54) is 19.3 Å². The van der Waals surface area contributed by atoms with E-state index in [9.17, 15) is 9.59 Å². The van der Waals surface area contributed by atoms with Gasteiger partial charge in [0.1, 0.15) is 5.78 Å². The van der Waals surface area contributed by atoms with E-state index in [1.807, 2.05) is 6.08 Å². The van der Waals surface area contributed by atoms with Crippen LogP contribution in [0, 0.1) is 34.5 Å². The van der Waals surface area contributed by atoms with E-state index in [2.05, 4.69) is 19.9 Å². The number of rotatable bonds is 0. The van der Waals surface area contributed by atoms with Crippen LogP contribution in [0.3, 0.4) is 0 Å². The monoisotopic (exact) mass is 289 g/mol. The Bertz CT molecular complexity index is 534. The third kappa shape index (κ3) is 1.71. The Morgan fingerprint density at radius 1 is 1.10 bits per heavy atom. The van der Waals surface area contributed by atoms with Crippen molar-refractivity contribution in [2.45, 2.75) is 58.8 Å². The van der Waals surface area contributed by atoms with E-state index in [4.69, 9.17) is 0 Å². The van der Waals surface area contributed by atoms with E-state index >= 15 is 0 Å². The first-order valence-electron chi connectivity index (χ1n) is 8.69. The summed E-state index contributed by atoms with van der Waals surface area (Å²) in [5.74, 6) is 3.29. The molecule has 0 radical (unpaired) electrons. The molecular formula is C19H26O2. The second-order valence-electron chi connectivity index (χ2n) is 8.50. The maximum Gasteiger partial charge on any atom is 0.161 e. The van der Waals surface area contributed by atoms with Crippen LogP contribution in [0.25, 0.3) is 0 Å². The smallest absolute Gasteiger partial charge is 0.161 e. The zero-order chi connectivity index (χ0) is 14.8. The minimum absolute atomic E-state index is 0.116. The van der Waals surface area contributed by atoms with Gasteiger partial charge in [0.2, 0.25) is 0 Å². The Morgan fingerprint density at radius 3 is 2.71 bits per heavy atom. The third-order valence-corrected chi connectivity index (χ3v) is 7.75. The highest BCUT2D eigenvalue weighted by atomic mass is 16.2. The summed E-state index contributed by atoms with van der Waals surface area (Å²) < 4.78 is 0. The van der Waals surface area contributed by atoms with Crippen LogP contribution in [0.1, 0.15) is 58.8 Å². The molecule has 0 amide bonds. The van der Waals surface area contributed by atoms with E-state index in [0.29, 0.717) is 34.7 Å². The molecule has 0 saturated heterocycles. The molecule has 3 fully saturated rings. The van der Waals surface area contributed by atoms with Gasteiger partial charge in [-0.3, -0.25) is 9.59 Å². The molecule has 4 aliphatic rings. The zero-order valence-electron chi connectivity index (χ0n) is 13.2. The van der Waals surface area contributed by atoms with Gasteiger partial charge in [-0.1, -0.05) is 19.9 Å². The van der Waals surface area contributed by atoms with E-state index in [0.717, 1.165) is 31.6 Å². The Kier molecular flexibility index (Phi) is 2.81. The van der Waals surface area contributed by atoms with Crippen LogP contribution in [0.5, 0.6) is 0 Å². The normalized spacial score (nSPS) is 52.3. The SMILES string of the molecule is C[C@]12C[13CH2][13C](=O)[13CH2]C1CC[C@@H]1[C@@H]2CC[C@]2(C)C(=O)C=C[C@@H]12. The van der Waals surface area contributed by atoms with Gasteiger partial charge >= 0.3 is 0 Å². The third-order valence-electron chi connectivity index (χ3n) is 7.75. The van der Waals surface area contributed by atoms with Crippen molar-refractivity contribution in [3.05, 3.63) is 12.2 Å². The number of carbonyl (C=O) groups is 2. The lowest BCUT2D eigenvalue weighted by Gasteiger charge is -2.59. The molecule has 6 atom stereocenters. The molecule has 114 valence electrons. The van der Waals surface area contributed by atoms with E-state index in [-0.39, 0.29) is 5.41 Å². The minimum atomic E-state index is -0.116. The summed E-state index contributed by atoms with van der Waals surface area (Å²) in [7, 11) is 0. The maximum atomic E-state index is 12.3. The van der Waals surface area contributed by atoms with Crippen molar-refractivity contribution >= 4 is 11.6 Å². The minimum Gasteiger partial charge on any atom is -0.300 e. The lowest BCUT2D eigenvalue weighted by molar-refractivity contribution is -0.142. The number of Topliss-reactive ketones (excluding diaryl/α,β-unsaturated/α-hetero) is 1. The van der Waals surface area contributed by atoms with Crippen molar-refractivity contribution in [3.8, 4) is 0 Å². The van der Waals surface area contributed by atoms with Crippen molar-refractivity contribution in [3.63, 3.8) is 0 Å². The Hall–Kier alpha value is -0.920. The number of hydrogen-bond acceptors (Lipinski definition) is 2. The van der Waals surface area contributed by atoms with Gasteiger partial charge in [-0.15, -0.1) is 0 Å². The Morgan fingerprint density at radius 2 is 1.90 bits per heavy atom. The number of carbonyl (C=O) groups excluding carboxylic acids is 2. The zero-order valence-corrected chi connectivity index (χ0v) is 13.2. The number of ketones is 2. The fourth-order valence-corrected chi connectivity index (χ4v) is 6.32. The molecule has 4 aliphatic carbocycles. The molecule has 21 heavy (non-hydrogen) atoms. The topological polar surface area (TPSA) is 34.1 Å². The van der Waals surface area contributed by atoms with Crippen LogP contribution < -0.4 is 0 Å². The molecule has 0 N–H and O–H groups in total. The summed E-state index contributed by atoms with van der Waals surface area (Å²) in [6.07, 6.45) is 11.4. The van der Waals surface area contributed by atoms with Gasteiger partial charge in [0, 0.05) is 18.3 Å². The van der Waals surface area contributed by atoms with Gasteiger partial charge in [-0.05, 0) is 67.3 Å². The highest BCUT2D eigenvalue weighted by Crippen LogP contribution is 2.63. The molecule has 0 aliphatic heterocycles. The fourth-order valence-electron chi connectivity index (χ4n) is 6.32. The highest BCUT2D eigenvalue weighted by molar-refractivity contribution is 5.97. The predicted molar refractivity (Wildman–Crippen MR) is 81.6 cm³/mol.